The maximum atomic E-state index is 13.9. The van der Waals surface area contributed by atoms with E-state index < -0.39 is 15.8 Å². The van der Waals surface area contributed by atoms with Crippen LogP contribution < -0.4 is 9.80 Å². The normalized spacial score (nSPS) is 15.7. The van der Waals surface area contributed by atoms with Gasteiger partial charge in [-0.2, -0.15) is 4.31 Å². The summed E-state index contributed by atoms with van der Waals surface area (Å²) >= 11 is 0. The molecular weight excluding hydrogens is 369 g/mol. The highest BCUT2D eigenvalue weighted by Crippen LogP contribution is 2.22. The molecule has 9 heteroatoms. The molecule has 0 amide bonds. The summed E-state index contributed by atoms with van der Waals surface area (Å²) in [6.07, 6.45) is 0. The predicted octanol–water partition coefficient (Wildman–Crippen LogP) is 1.97. The summed E-state index contributed by atoms with van der Waals surface area (Å²) in [6, 6.07) is 9.30. The number of hydrogen-bond acceptors (Lipinski definition) is 6. The molecule has 0 unspecified atom stereocenters. The highest BCUT2D eigenvalue weighted by atomic mass is 32.2. The number of rotatable bonds is 6. The van der Waals surface area contributed by atoms with Crippen molar-refractivity contribution in [3.05, 3.63) is 42.2 Å². The van der Waals surface area contributed by atoms with E-state index in [1.54, 1.807) is 0 Å². The lowest BCUT2D eigenvalue weighted by molar-refractivity contribution is 0.381. The Kier molecular flexibility index (Phi) is 5.91. The Labute approximate surface area is 159 Å². The van der Waals surface area contributed by atoms with E-state index in [9.17, 15) is 12.8 Å². The molecule has 1 fully saturated rings. The quantitative estimate of drug-likeness (QED) is 0.747. The molecule has 0 saturated carbocycles. The molecule has 0 radical (unpaired) electrons. The van der Waals surface area contributed by atoms with Crippen LogP contribution in [-0.2, 0) is 10.0 Å². The summed E-state index contributed by atoms with van der Waals surface area (Å²) in [5.41, 5.74) is 0. The maximum absolute atomic E-state index is 13.9. The van der Waals surface area contributed by atoms with Crippen LogP contribution in [0.1, 0.15) is 13.8 Å². The van der Waals surface area contributed by atoms with Crippen LogP contribution >= 0.6 is 0 Å². The standard InChI is InChI=1S/C18H24FN5O2S/c1-3-22(4-2)17-9-10-18(21-20-17)23-11-13-24(14-12-23)27(25,26)16-8-6-5-7-15(16)19/h5-10H,3-4,11-14H2,1-2H3. The molecule has 2 aromatic rings. The lowest BCUT2D eigenvalue weighted by Gasteiger charge is -2.34. The van der Waals surface area contributed by atoms with Crippen molar-refractivity contribution >= 4 is 21.7 Å². The van der Waals surface area contributed by atoms with Crippen LogP contribution in [0.15, 0.2) is 41.3 Å². The molecule has 0 bridgehead atoms. The van der Waals surface area contributed by atoms with Crippen molar-refractivity contribution < 1.29 is 12.8 Å². The van der Waals surface area contributed by atoms with Crippen molar-refractivity contribution in [2.24, 2.45) is 0 Å². The molecule has 3 rings (SSSR count). The Balaban J connectivity index is 1.68. The highest BCUT2D eigenvalue weighted by molar-refractivity contribution is 7.89. The van der Waals surface area contributed by atoms with E-state index >= 15 is 0 Å². The van der Waals surface area contributed by atoms with Crippen molar-refractivity contribution in [1.29, 1.82) is 0 Å². The van der Waals surface area contributed by atoms with Crippen LogP contribution in [0, 0.1) is 5.82 Å². The van der Waals surface area contributed by atoms with E-state index in [2.05, 4.69) is 28.9 Å². The van der Waals surface area contributed by atoms with Gasteiger partial charge in [-0.3, -0.25) is 0 Å². The third-order valence-electron chi connectivity index (χ3n) is 4.74. The molecule has 1 aliphatic heterocycles. The second kappa shape index (κ2) is 8.18. The number of anilines is 2. The van der Waals surface area contributed by atoms with Gasteiger partial charge in [0.05, 0.1) is 0 Å². The first-order valence-corrected chi connectivity index (χ1v) is 10.5. The zero-order chi connectivity index (χ0) is 19.4. The molecule has 27 heavy (non-hydrogen) atoms. The molecule has 0 aliphatic carbocycles. The number of hydrogen-bond donors (Lipinski definition) is 0. The second-order valence-corrected chi connectivity index (χ2v) is 8.15. The molecular formula is C18H24FN5O2S. The fourth-order valence-electron chi connectivity index (χ4n) is 3.15. The first kappa shape index (κ1) is 19.5. The van der Waals surface area contributed by atoms with Crippen LogP contribution in [-0.4, -0.2) is 62.2 Å². The van der Waals surface area contributed by atoms with E-state index in [1.165, 1.54) is 22.5 Å². The molecule has 7 nitrogen and oxygen atoms in total. The van der Waals surface area contributed by atoms with Crippen molar-refractivity contribution in [3.63, 3.8) is 0 Å². The maximum Gasteiger partial charge on any atom is 0.246 e. The summed E-state index contributed by atoms with van der Waals surface area (Å²) in [5, 5.41) is 8.56. The molecule has 1 saturated heterocycles. The summed E-state index contributed by atoms with van der Waals surface area (Å²) in [7, 11) is -3.83. The fraction of sp³-hybridized carbons (Fsp3) is 0.444. The smallest absolute Gasteiger partial charge is 0.246 e. The Morgan fingerprint density at radius 3 is 2.22 bits per heavy atom. The molecule has 146 valence electrons. The third-order valence-corrected chi connectivity index (χ3v) is 6.67. The first-order chi connectivity index (χ1) is 13.0. The van der Waals surface area contributed by atoms with Gasteiger partial charge in [-0.05, 0) is 38.1 Å². The summed E-state index contributed by atoms with van der Waals surface area (Å²) in [5.74, 6) is 0.816. The average molecular weight is 393 g/mol. The van der Waals surface area contributed by atoms with Gasteiger partial charge in [0.15, 0.2) is 11.6 Å². The van der Waals surface area contributed by atoms with Crippen molar-refractivity contribution in [1.82, 2.24) is 14.5 Å². The van der Waals surface area contributed by atoms with Gasteiger partial charge in [-0.25, -0.2) is 12.8 Å². The number of benzene rings is 1. The second-order valence-electron chi connectivity index (χ2n) is 6.24. The van der Waals surface area contributed by atoms with E-state index in [4.69, 9.17) is 0 Å². The molecule has 2 heterocycles. The Hall–Kier alpha value is -2.26. The van der Waals surface area contributed by atoms with Gasteiger partial charge in [-0.1, -0.05) is 12.1 Å². The minimum atomic E-state index is -3.83. The minimum Gasteiger partial charge on any atom is -0.356 e. The van der Waals surface area contributed by atoms with Gasteiger partial charge in [0.2, 0.25) is 10.0 Å². The molecule has 0 N–H and O–H groups in total. The van der Waals surface area contributed by atoms with Crippen molar-refractivity contribution in [3.8, 4) is 0 Å². The number of halogens is 1. The zero-order valence-electron chi connectivity index (χ0n) is 15.5. The largest absolute Gasteiger partial charge is 0.356 e. The molecule has 1 aliphatic rings. The third kappa shape index (κ3) is 4.03. The van der Waals surface area contributed by atoms with Crippen LogP contribution in [0.4, 0.5) is 16.0 Å². The van der Waals surface area contributed by atoms with Gasteiger partial charge in [-0.15, -0.1) is 10.2 Å². The average Bonchev–Trinajstić information content (AvgIpc) is 2.70. The predicted molar refractivity (Wildman–Crippen MR) is 103 cm³/mol. The van der Waals surface area contributed by atoms with Crippen LogP contribution in [0.3, 0.4) is 0 Å². The van der Waals surface area contributed by atoms with Crippen molar-refractivity contribution in [2.75, 3.05) is 49.1 Å². The SMILES string of the molecule is CCN(CC)c1ccc(N2CCN(S(=O)(=O)c3ccccc3F)CC2)nn1. The van der Waals surface area contributed by atoms with Crippen LogP contribution in [0.2, 0.25) is 0 Å². The van der Waals surface area contributed by atoms with Gasteiger partial charge < -0.3 is 9.80 Å². The topological polar surface area (TPSA) is 69.6 Å². The Morgan fingerprint density at radius 1 is 1.00 bits per heavy atom. The minimum absolute atomic E-state index is 0.274. The highest BCUT2D eigenvalue weighted by Gasteiger charge is 2.30. The number of piperazine rings is 1. The summed E-state index contributed by atoms with van der Waals surface area (Å²) in [6.45, 7) is 7.35. The molecule has 1 aromatic carbocycles. The summed E-state index contributed by atoms with van der Waals surface area (Å²) in [4.78, 5) is 3.82. The monoisotopic (exact) mass is 393 g/mol. The lowest BCUT2D eigenvalue weighted by Crippen LogP contribution is -2.49. The van der Waals surface area contributed by atoms with E-state index in [0.717, 1.165) is 25.0 Å². The van der Waals surface area contributed by atoms with E-state index in [-0.39, 0.29) is 18.0 Å². The number of aromatic nitrogens is 2. The molecule has 1 aromatic heterocycles. The first-order valence-electron chi connectivity index (χ1n) is 9.05. The van der Waals surface area contributed by atoms with Crippen LogP contribution in [0.25, 0.3) is 0 Å². The Bertz CT molecular complexity index is 864. The van der Waals surface area contributed by atoms with E-state index in [1.807, 2.05) is 17.0 Å². The summed E-state index contributed by atoms with van der Waals surface area (Å²) < 4.78 is 40.6. The van der Waals surface area contributed by atoms with Gasteiger partial charge in [0.25, 0.3) is 0 Å². The van der Waals surface area contributed by atoms with Crippen LogP contribution in [0.5, 0.6) is 0 Å². The lowest BCUT2D eigenvalue weighted by atomic mass is 10.3. The fourth-order valence-corrected chi connectivity index (χ4v) is 4.64. The zero-order valence-corrected chi connectivity index (χ0v) is 16.4. The molecule has 0 spiro atoms. The van der Waals surface area contributed by atoms with Gasteiger partial charge >= 0.3 is 0 Å². The number of sulfonamides is 1. The van der Waals surface area contributed by atoms with E-state index in [0.29, 0.717) is 18.9 Å². The Morgan fingerprint density at radius 2 is 1.67 bits per heavy atom. The molecule has 0 atom stereocenters. The number of nitrogens with zero attached hydrogens (tertiary/aromatic N) is 5. The van der Waals surface area contributed by atoms with Gasteiger partial charge in [0, 0.05) is 39.3 Å². The van der Waals surface area contributed by atoms with Gasteiger partial charge in [0.1, 0.15) is 10.7 Å². The van der Waals surface area contributed by atoms with Crippen molar-refractivity contribution in [2.45, 2.75) is 18.7 Å².